The molecule has 4 aliphatic heterocycles. The number of phenols is 1. The van der Waals surface area contributed by atoms with Crippen molar-refractivity contribution < 1.29 is 36.5 Å². The number of piperazine rings is 1. The maximum Gasteiger partial charge on any atom is 0.573 e. The van der Waals surface area contributed by atoms with Crippen LogP contribution in [0.2, 0.25) is 0 Å². The summed E-state index contributed by atoms with van der Waals surface area (Å²) in [7, 11) is 0. The Balaban J connectivity index is 1.34. The number of pyridine rings is 1. The largest absolute Gasteiger partial charge is 0.573 e. The summed E-state index contributed by atoms with van der Waals surface area (Å²) in [6, 6.07) is 4.24. The van der Waals surface area contributed by atoms with Crippen molar-refractivity contribution in [3.8, 4) is 28.8 Å². The Labute approximate surface area is 260 Å². The topological polar surface area (TPSA) is 95.9 Å². The van der Waals surface area contributed by atoms with Crippen LogP contribution in [0.1, 0.15) is 37.8 Å². The van der Waals surface area contributed by atoms with Gasteiger partial charge >= 0.3 is 12.4 Å². The number of halogens is 5. The zero-order valence-electron chi connectivity index (χ0n) is 24.8. The third-order valence-corrected chi connectivity index (χ3v) is 9.92. The standard InChI is InChI=1S/C32H31F5N6O3/c33-21-5-3-17-13-19(44)14-20(23(17)28(21)46-32(35,36)37)26-25(34)27-24-22(39-26)6-4-18-15-38-9-12-43(18)29(24)41-30(40-27)45-16-31-7-1-10-42(31)11-2-8-31/h3,5,13-14,18,38,44H,1-2,4,6-12,15-16H2/t18-/m1/s1. The molecule has 0 unspecified atom stereocenters. The molecular weight excluding hydrogens is 611 g/mol. The van der Waals surface area contributed by atoms with Gasteiger partial charge in [-0.05, 0) is 75.2 Å². The van der Waals surface area contributed by atoms with E-state index in [1.165, 1.54) is 6.07 Å². The van der Waals surface area contributed by atoms with Crippen LogP contribution in [0, 0.1) is 11.6 Å². The lowest BCUT2D eigenvalue weighted by molar-refractivity contribution is -0.275. The van der Waals surface area contributed by atoms with Crippen molar-refractivity contribution in [1.82, 2.24) is 25.2 Å². The number of fused-ring (bicyclic) bond motifs is 4. The zero-order chi connectivity index (χ0) is 31.8. The number of hydrogen-bond acceptors (Lipinski definition) is 9. The van der Waals surface area contributed by atoms with E-state index in [9.17, 15) is 22.7 Å². The average Bonchev–Trinajstić information content (AvgIpc) is 3.56. The Morgan fingerprint density at radius 1 is 1.02 bits per heavy atom. The molecule has 2 N–H and O–H groups in total. The van der Waals surface area contributed by atoms with E-state index < -0.39 is 23.7 Å². The summed E-state index contributed by atoms with van der Waals surface area (Å²) in [6.07, 6.45) is -0.0691. The molecule has 8 rings (SSSR count). The number of benzene rings is 2. The first kappa shape index (κ1) is 29.4. The van der Waals surface area contributed by atoms with Crippen molar-refractivity contribution in [2.75, 3.05) is 44.2 Å². The molecule has 242 valence electrons. The molecule has 6 heterocycles. The number of aryl methyl sites for hydroxylation is 1. The minimum atomic E-state index is -5.23. The number of alkyl halides is 3. The first-order valence-electron chi connectivity index (χ1n) is 15.6. The van der Waals surface area contributed by atoms with Gasteiger partial charge in [0.1, 0.15) is 29.4 Å². The van der Waals surface area contributed by atoms with Crippen LogP contribution < -0.4 is 19.7 Å². The minimum absolute atomic E-state index is 0.00436. The van der Waals surface area contributed by atoms with Crippen LogP contribution in [-0.4, -0.2) is 82.2 Å². The quantitative estimate of drug-likeness (QED) is 0.275. The molecule has 3 saturated heterocycles. The molecule has 3 fully saturated rings. The molecule has 0 radical (unpaired) electrons. The molecule has 0 amide bonds. The molecule has 46 heavy (non-hydrogen) atoms. The van der Waals surface area contributed by atoms with Gasteiger partial charge in [-0.25, -0.2) is 13.8 Å². The highest BCUT2D eigenvalue weighted by molar-refractivity contribution is 6.04. The molecule has 4 aromatic rings. The number of rotatable bonds is 5. The lowest BCUT2D eigenvalue weighted by Crippen LogP contribution is -2.51. The number of anilines is 1. The van der Waals surface area contributed by atoms with Crippen molar-refractivity contribution in [3.05, 3.63) is 41.6 Å². The molecule has 4 aliphatic rings. The van der Waals surface area contributed by atoms with E-state index in [1.807, 2.05) is 0 Å². The maximum atomic E-state index is 16.9. The van der Waals surface area contributed by atoms with Gasteiger partial charge in [-0.15, -0.1) is 13.2 Å². The molecule has 2 aromatic heterocycles. The number of hydrogen-bond donors (Lipinski definition) is 2. The van der Waals surface area contributed by atoms with Gasteiger partial charge in [0.05, 0.1) is 16.6 Å². The normalized spacial score (nSPS) is 21.0. The number of aromatic nitrogens is 3. The first-order chi connectivity index (χ1) is 22.1. The average molecular weight is 643 g/mol. The Morgan fingerprint density at radius 2 is 1.83 bits per heavy atom. The third kappa shape index (κ3) is 4.84. The molecule has 0 bridgehead atoms. The van der Waals surface area contributed by atoms with Gasteiger partial charge in [-0.1, -0.05) is 6.07 Å². The van der Waals surface area contributed by atoms with Crippen molar-refractivity contribution in [3.63, 3.8) is 0 Å². The van der Waals surface area contributed by atoms with Gasteiger partial charge in [-0.3, -0.25) is 4.90 Å². The van der Waals surface area contributed by atoms with Crippen molar-refractivity contribution in [1.29, 1.82) is 0 Å². The Morgan fingerprint density at radius 3 is 2.61 bits per heavy atom. The highest BCUT2D eigenvalue weighted by Gasteiger charge is 2.45. The van der Waals surface area contributed by atoms with Gasteiger partial charge in [0.25, 0.3) is 0 Å². The summed E-state index contributed by atoms with van der Waals surface area (Å²) >= 11 is 0. The van der Waals surface area contributed by atoms with Crippen LogP contribution in [0.3, 0.4) is 0 Å². The fourth-order valence-corrected chi connectivity index (χ4v) is 7.89. The van der Waals surface area contributed by atoms with Gasteiger partial charge < -0.3 is 24.8 Å². The van der Waals surface area contributed by atoms with Crippen LogP contribution in [-0.2, 0) is 6.42 Å². The number of nitrogens with one attached hydrogen (secondary N) is 1. The molecule has 9 nitrogen and oxygen atoms in total. The van der Waals surface area contributed by atoms with Gasteiger partial charge in [0.15, 0.2) is 17.4 Å². The summed E-state index contributed by atoms with van der Waals surface area (Å²) in [5.74, 6) is -3.26. The van der Waals surface area contributed by atoms with Gasteiger partial charge in [0, 0.05) is 36.6 Å². The smallest absolute Gasteiger partial charge is 0.508 e. The highest BCUT2D eigenvalue weighted by Crippen LogP contribution is 2.45. The van der Waals surface area contributed by atoms with Gasteiger partial charge in [0.2, 0.25) is 0 Å². The summed E-state index contributed by atoms with van der Waals surface area (Å²) in [5, 5.41) is 14.0. The van der Waals surface area contributed by atoms with Crippen LogP contribution >= 0.6 is 0 Å². The number of nitrogens with zero attached hydrogens (tertiary/aromatic N) is 5. The van der Waals surface area contributed by atoms with E-state index in [-0.39, 0.29) is 50.9 Å². The van der Waals surface area contributed by atoms with E-state index >= 15 is 4.39 Å². The molecule has 0 spiro atoms. The SMILES string of the molecule is Oc1cc(-c2nc3c4c(nc(OCC56CCCN5CCC6)nc4c2F)N2CCNC[C@H]2CC3)c2c(OC(F)(F)F)c(F)ccc2c1. The van der Waals surface area contributed by atoms with Crippen LogP contribution in [0.4, 0.5) is 27.8 Å². The molecule has 0 saturated carbocycles. The summed E-state index contributed by atoms with van der Waals surface area (Å²) in [4.78, 5) is 18.6. The molecule has 2 aromatic carbocycles. The van der Waals surface area contributed by atoms with Crippen molar-refractivity contribution >= 4 is 27.5 Å². The third-order valence-electron chi connectivity index (χ3n) is 9.92. The fourth-order valence-electron chi connectivity index (χ4n) is 7.89. The Kier molecular flexibility index (Phi) is 6.87. The Hall–Kier alpha value is -4.04. The number of phenolic OH excluding ortho intramolecular Hbond substituents is 1. The van der Waals surface area contributed by atoms with E-state index in [0.29, 0.717) is 56.0 Å². The molecular formula is C32H31F5N6O3. The predicted octanol–water partition coefficient (Wildman–Crippen LogP) is 5.46. The number of aromatic hydroxyl groups is 1. The summed E-state index contributed by atoms with van der Waals surface area (Å²) < 4.78 is 82.6. The summed E-state index contributed by atoms with van der Waals surface area (Å²) in [5.41, 5.74) is -0.410. The fraction of sp³-hybridized carbons (Fsp3) is 0.469. The van der Waals surface area contributed by atoms with E-state index in [2.05, 4.69) is 29.8 Å². The lowest BCUT2D eigenvalue weighted by atomic mass is 9.95. The molecule has 1 atom stereocenters. The number of ether oxygens (including phenoxy) is 2. The maximum absolute atomic E-state index is 16.9. The highest BCUT2D eigenvalue weighted by atomic mass is 19.4. The van der Waals surface area contributed by atoms with Crippen LogP contribution in [0.25, 0.3) is 32.9 Å². The van der Waals surface area contributed by atoms with Crippen molar-refractivity contribution in [2.45, 2.75) is 56.5 Å². The van der Waals surface area contributed by atoms with Crippen LogP contribution in [0.15, 0.2) is 24.3 Å². The lowest BCUT2D eigenvalue weighted by Gasteiger charge is -2.36. The predicted molar refractivity (Wildman–Crippen MR) is 159 cm³/mol. The molecule has 14 heteroatoms. The molecule has 0 aliphatic carbocycles. The van der Waals surface area contributed by atoms with E-state index in [1.54, 1.807) is 0 Å². The monoisotopic (exact) mass is 642 g/mol. The zero-order valence-corrected chi connectivity index (χ0v) is 24.8. The minimum Gasteiger partial charge on any atom is -0.508 e. The van der Waals surface area contributed by atoms with Gasteiger partial charge in [-0.2, -0.15) is 9.97 Å². The second-order valence-electron chi connectivity index (χ2n) is 12.6. The van der Waals surface area contributed by atoms with E-state index in [4.69, 9.17) is 9.72 Å². The second kappa shape index (κ2) is 10.8. The Bertz CT molecular complexity index is 1860. The van der Waals surface area contributed by atoms with Crippen LogP contribution in [0.5, 0.6) is 17.5 Å². The van der Waals surface area contributed by atoms with Crippen molar-refractivity contribution in [2.24, 2.45) is 0 Å². The summed E-state index contributed by atoms with van der Waals surface area (Å²) in [6.45, 7) is 4.35. The van der Waals surface area contributed by atoms with E-state index in [0.717, 1.165) is 57.0 Å². The second-order valence-corrected chi connectivity index (χ2v) is 12.6. The first-order valence-corrected chi connectivity index (χ1v) is 15.6.